The van der Waals surface area contributed by atoms with Crippen molar-refractivity contribution in [3.63, 3.8) is 0 Å². The van der Waals surface area contributed by atoms with E-state index in [2.05, 4.69) is 20.8 Å². The van der Waals surface area contributed by atoms with Crippen molar-refractivity contribution in [1.29, 1.82) is 0 Å². The number of thioether (sulfide) groups is 1. The van der Waals surface area contributed by atoms with Gasteiger partial charge in [-0.2, -0.15) is 0 Å². The summed E-state index contributed by atoms with van der Waals surface area (Å²) in [6, 6.07) is 14.3. The number of carbonyl (C=O) groups excluding carboxylic acids is 2. The summed E-state index contributed by atoms with van der Waals surface area (Å²) in [5, 5.41) is 14.2. The molecule has 8 nitrogen and oxygen atoms in total. The van der Waals surface area contributed by atoms with Gasteiger partial charge in [-0.25, -0.2) is 4.79 Å². The van der Waals surface area contributed by atoms with Crippen LogP contribution in [0.5, 0.6) is 0 Å². The zero-order chi connectivity index (χ0) is 22.7. The van der Waals surface area contributed by atoms with E-state index in [0.29, 0.717) is 15.3 Å². The normalized spacial score (nSPS) is 10.8. The van der Waals surface area contributed by atoms with Crippen molar-refractivity contribution >= 4 is 56.7 Å². The standard InChI is InChI=1S/C22H18N4O4S2/c1-12-7-8-13(2)16(9-12)23-18(27)11-31-22-26-25-21(32-22)24-19(28)15-10-14-5-3-4-6-17(14)30-20(15)29/h3-10H,11H2,1-2H3,(H,23,27)(H,24,25,28). The Kier molecular flexibility index (Phi) is 6.33. The summed E-state index contributed by atoms with van der Waals surface area (Å²) in [7, 11) is 0. The van der Waals surface area contributed by atoms with Gasteiger partial charge in [0.1, 0.15) is 11.1 Å². The molecule has 32 heavy (non-hydrogen) atoms. The Morgan fingerprint density at radius 1 is 1.06 bits per heavy atom. The van der Waals surface area contributed by atoms with Crippen molar-refractivity contribution in [2.24, 2.45) is 0 Å². The molecule has 10 heteroatoms. The van der Waals surface area contributed by atoms with Gasteiger partial charge in [-0.15, -0.1) is 10.2 Å². The number of benzene rings is 2. The number of nitrogens with one attached hydrogen (secondary N) is 2. The fourth-order valence-electron chi connectivity index (χ4n) is 2.89. The average molecular weight is 467 g/mol. The molecule has 0 spiro atoms. The topological polar surface area (TPSA) is 114 Å². The zero-order valence-electron chi connectivity index (χ0n) is 17.2. The van der Waals surface area contributed by atoms with Crippen LogP contribution >= 0.6 is 23.1 Å². The Hall–Kier alpha value is -3.50. The molecule has 0 aliphatic heterocycles. The highest BCUT2D eigenvalue weighted by Crippen LogP contribution is 2.26. The predicted molar refractivity (Wildman–Crippen MR) is 126 cm³/mol. The number of nitrogens with zero attached hydrogens (tertiary/aromatic N) is 2. The third-order valence-corrected chi connectivity index (χ3v) is 6.48. The van der Waals surface area contributed by atoms with Gasteiger partial charge in [-0.1, -0.05) is 53.4 Å². The molecule has 0 atom stereocenters. The SMILES string of the molecule is Cc1ccc(C)c(NC(=O)CSc2nnc(NC(=O)c3cc4ccccc4oc3=O)s2)c1. The van der Waals surface area contributed by atoms with Crippen LogP contribution in [0.1, 0.15) is 21.5 Å². The molecule has 0 bridgehead atoms. The summed E-state index contributed by atoms with van der Waals surface area (Å²) >= 11 is 2.32. The van der Waals surface area contributed by atoms with E-state index >= 15 is 0 Å². The molecule has 2 aromatic carbocycles. The van der Waals surface area contributed by atoms with E-state index in [1.54, 1.807) is 24.3 Å². The van der Waals surface area contributed by atoms with Crippen LogP contribution in [0.4, 0.5) is 10.8 Å². The Labute approximate surface area is 191 Å². The van der Waals surface area contributed by atoms with Crippen LogP contribution in [-0.2, 0) is 4.79 Å². The molecule has 0 saturated carbocycles. The van der Waals surface area contributed by atoms with E-state index < -0.39 is 11.5 Å². The number of hydrogen-bond donors (Lipinski definition) is 2. The summed E-state index contributed by atoms with van der Waals surface area (Å²) in [5.74, 6) is -0.660. The van der Waals surface area contributed by atoms with E-state index in [-0.39, 0.29) is 22.4 Å². The van der Waals surface area contributed by atoms with Crippen LogP contribution in [0.25, 0.3) is 11.0 Å². The first-order chi connectivity index (χ1) is 15.4. The van der Waals surface area contributed by atoms with Crippen molar-refractivity contribution in [1.82, 2.24) is 10.2 Å². The van der Waals surface area contributed by atoms with Crippen molar-refractivity contribution < 1.29 is 14.0 Å². The second kappa shape index (κ2) is 9.33. The average Bonchev–Trinajstić information content (AvgIpc) is 3.21. The van der Waals surface area contributed by atoms with Gasteiger partial charge in [-0.05, 0) is 43.2 Å². The summed E-state index contributed by atoms with van der Waals surface area (Å²) in [5.41, 5.74) is 2.36. The first kappa shape index (κ1) is 21.7. The molecule has 4 rings (SSSR count). The maximum atomic E-state index is 12.5. The Bertz CT molecular complexity index is 1380. The maximum absolute atomic E-state index is 12.5. The lowest BCUT2D eigenvalue weighted by Crippen LogP contribution is -2.20. The molecule has 0 radical (unpaired) electrons. The van der Waals surface area contributed by atoms with Gasteiger partial charge in [0, 0.05) is 11.1 Å². The minimum absolute atomic E-state index is 0.124. The van der Waals surface area contributed by atoms with Crippen molar-refractivity contribution in [2.45, 2.75) is 18.2 Å². The smallest absolute Gasteiger partial charge is 0.349 e. The first-order valence-electron chi connectivity index (χ1n) is 9.57. The number of aryl methyl sites for hydroxylation is 2. The van der Waals surface area contributed by atoms with Crippen molar-refractivity contribution in [2.75, 3.05) is 16.4 Å². The number of aromatic nitrogens is 2. The second-order valence-electron chi connectivity index (χ2n) is 6.97. The maximum Gasteiger partial charge on any atom is 0.349 e. The van der Waals surface area contributed by atoms with Crippen LogP contribution in [0.15, 0.2) is 62.1 Å². The van der Waals surface area contributed by atoms with Gasteiger partial charge in [0.2, 0.25) is 11.0 Å². The highest BCUT2D eigenvalue weighted by atomic mass is 32.2. The molecule has 0 saturated heterocycles. The molecule has 0 aliphatic carbocycles. The molecule has 0 fully saturated rings. The molecule has 4 aromatic rings. The first-order valence-corrected chi connectivity index (χ1v) is 11.4. The van der Waals surface area contributed by atoms with Crippen molar-refractivity contribution in [3.8, 4) is 0 Å². The van der Waals surface area contributed by atoms with Crippen LogP contribution < -0.4 is 16.3 Å². The van der Waals surface area contributed by atoms with E-state index in [1.807, 2.05) is 32.0 Å². The van der Waals surface area contributed by atoms with Crippen LogP contribution in [0.2, 0.25) is 0 Å². The van der Waals surface area contributed by atoms with Gasteiger partial charge in [0.15, 0.2) is 4.34 Å². The minimum Gasteiger partial charge on any atom is -0.422 e. The monoisotopic (exact) mass is 466 g/mol. The Balaban J connectivity index is 1.37. The zero-order valence-corrected chi connectivity index (χ0v) is 18.8. The summed E-state index contributed by atoms with van der Waals surface area (Å²) in [6.45, 7) is 3.89. The molecule has 0 unspecified atom stereocenters. The van der Waals surface area contributed by atoms with Gasteiger partial charge >= 0.3 is 5.63 Å². The fourth-order valence-corrected chi connectivity index (χ4v) is 4.43. The number of hydrogen-bond acceptors (Lipinski definition) is 8. The lowest BCUT2D eigenvalue weighted by atomic mass is 10.1. The minimum atomic E-state index is -0.733. The molecular formula is C22H18N4O4S2. The van der Waals surface area contributed by atoms with E-state index in [1.165, 1.54) is 17.8 Å². The molecule has 2 heterocycles. The number of carbonyl (C=O) groups is 2. The molecule has 2 N–H and O–H groups in total. The van der Waals surface area contributed by atoms with E-state index in [0.717, 1.165) is 28.2 Å². The summed E-state index contributed by atoms with van der Waals surface area (Å²) in [4.78, 5) is 36.9. The van der Waals surface area contributed by atoms with Crippen molar-refractivity contribution in [3.05, 3.63) is 75.6 Å². The number of para-hydroxylation sites is 1. The summed E-state index contributed by atoms with van der Waals surface area (Å²) < 4.78 is 5.70. The molecule has 162 valence electrons. The van der Waals surface area contributed by atoms with E-state index in [9.17, 15) is 14.4 Å². The Morgan fingerprint density at radius 2 is 1.88 bits per heavy atom. The largest absolute Gasteiger partial charge is 0.422 e. The third-order valence-electron chi connectivity index (χ3n) is 4.51. The molecule has 2 amide bonds. The lowest BCUT2D eigenvalue weighted by Gasteiger charge is -2.08. The van der Waals surface area contributed by atoms with Gasteiger partial charge in [0.25, 0.3) is 5.91 Å². The fraction of sp³-hybridized carbons (Fsp3) is 0.136. The summed E-state index contributed by atoms with van der Waals surface area (Å²) in [6.07, 6.45) is 0. The third kappa shape index (κ3) is 5.04. The predicted octanol–water partition coefficient (Wildman–Crippen LogP) is 4.24. The lowest BCUT2D eigenvalue weighted by molar-refractivity contribution is -0.113. The highest BCUT2D eigenvalue weighted by molar-refractivity contribution is 8.01. The highest BCUT2D eigenvalue weighted by Gasteiger charge is 2.16. The molecule has 0 aliphatic rings. The van der Waals surface area contributed by atoms with Crippen LogP contribution in [-0.4, -0.2) is 27.8 Å². The number of anilines is 2. The Morgan fingerprint density at radius 3 is 2.72 bits per heavy atom. The number of rotatable bonds is 6. The van der Waals surface area contributed by atoms with Gasteiger partial charge in [-0.3, -0.25) is 14.9 Å². The van der Waals surface area contributed by atoms with Crippen LogP contribution in [0.3, 0.4) is 0 Å². The van der Waals surface area contributed by atoms with E-state index in [4.69, 9.17) is 4.42 Å². The number of amides is 2. The van der Waals surface area contributed by atoms with Gasteiger partial charge in [0.05, 0.1) is 5.75 Å². The second-order valence-corrected chi connectivity index (χ2v) is 9.17. The molecule has 2 aromatic heterocycles. The quantitative estimate of drug-likeness (QED) is 0.248. The van der Waals surface area contributed by atoms with Crippen LogP contribution in [0, 0.1) is 13.8 Å². The number of fused-ring (bicyclic) bond motifs is 1. The van der Waals surface area contributed by atoms with Gasteiger partial charge < -0.3 is 9.73 Å². The molecular weight excluding hydrogens is 448 g/mol.